The maximum absolute atomic E-state index is 15.3. The van der Waals surface area contributed by atoms with Gasteiger partial charge in [0.25, 0.3) is 11.8 Å². The normalized spacial score (nSPS) is 20.3. The van der Waals surface area contributed by atoms with Gasteiger partial charge in [-0.1, -0.05) is 48.5 Å². The quantitative estimate of drug-likeness (QED) is 0.102. The van der Waals surface area contributed by atoms with Crippen molar-refractivity contribution in [2.75, 3.05) is 50.2 Å². The van der Waals surface area contributed by atoms with Gasteiger partial charge in [0.15, 0.2) is 40.4 Å². The number of thioether (sulfide) groups is 2. The molecular weight excluding hydrogens is 1010 g/mol. The summed E-state index contributed by atoms with van der Waals surface area (Å²) in [4.78, 5) is 68.9. The van der Waals surface area contributed by atoms with Crippen molar-refractivity contribution < 1.29 is 56.0 Å². The van der Waals surface area contributed by atoms with Crippen LogP contribution in [0.5, 0.6) is 11.5 Å². The summed E-state index contributed by atoms with van der Waals surface area (Å²) in [5.74, 6) is -5.04. The number of aromatic nitrogens is 2. The molecule has 6 aliphatic rings. The number of hydrogen-bond donors (Lipinski definition) is 1. The minimum absolute atomic E-state index is 0.0439. The number of fused-ring (bicyclic) bond motifs is 8. The van der Waals surface area contributed by atoms with Crippen molar-refractivity contribution >= 4 is 41.5 Å². The SMILES string of the molecule is COC(=O)OCOc1c2n(ccc1=O)N([C@@H]1c3ccccc3SCc3c1ccc(F)c3F)[C@@H]1CCCCN1C2=O.O=C1c2c(O)c(=O)ccn2N([C@@H]2c3ccccc3SCc3c2ccc(F)c3F)[C@@H]2COCCN12. The topological polar surface area (TPSA) is 165 Å². The van der Waals surface area contributed by atoms with Crippen LogP contribution in [0.15, 0.2) is 117 Å². The molecule has 2 aromatic heterocycles. The first-order valence-electron chi connectivity index (χ1n) is 23.6. The third-order valence-electron chi connectivity index (χ3n) is 14.0. The van der Waals surface area contributed by atoms with E-state index in [1.54, 1.807) is 26.6 Å². The summed E-state index contributed by atoms with van der Waals surface area (Å²) in [6.07, 6.45) is 3.14. The Morgan fingerprint density at radius 1 is 0.676 bits per heavy atom. The molecule has 4 aromatic carbocycles. The second kappa shape index (κ2) is 19.8. The Balaban J connectivity index is 0.000000161. The number of hydrogen-bond acceptors (Lipinski definition) is 14. The Labute approximate surface area is 427 Å². The Morgan fingerprint density at radius 3 is 1.85 bits per heavy atom. The van der Waals surface area contributed by atoms with E-state index < -0.39 is 89.1 Å². The molecule has 74 heavy (non-hydrogen) atoms. The van der Waals surface area contributed by atoms with Gasteiger partial charge in [0.05, 0.1) is 32.4 Å². The van der Waals surface area contributed by atoms with Crippen molar-refractivity contribution in [3.63, 3.8) is 0 Å². The van der Waals surface area contributed by atoms with Crippen molar-refractivity contribution in [2.45, 2.75) is 65.0 Å². The third-order valence-corrected chi connectivity index (χ3v) is 16.2. The van der Waals surface area contributed by atoms with Crippen LogP contribution in [0.3, 0.4) is 0 Å². The van der Waals surface area contributed by atoms with Crippen LogP contribution in [-0.4, -0.2) is 94.8 Å². The van der Waals surface area contributed by atoms with Gasteiger partial charge in [-0.05, 0) is 65.8 Å². The molecule has 0 aliphatic carbocycles. The number of nitrogens with zero attached hydrogens (tertiary/aromatic N) is 6. The molecule has 12 rings (SSSR count). The fraction of sp³-hybridized carbons (Fsp3) is 0.288. The molecule has 0 bridgehead atoms. The first-order valence-corrected chi connectivity index (χ1v) is 25.5. The molecule has 2 fully saturated rings. The third kappa shape index (κ3) is 8.18. The summed E-state index contributed by atoms with van der Waals surface area (Å²) in [5, 5.41) is 14.4. The maximum atomic E-state index is 15.3. The zero-order valence-corrected chi connectivity index (χ0v) is 40.9. The number of rotatable bonds is 5. The molecule has 0 unspecified atom stereocenters. The number of benzene rings is 4. The average molecular weight is 1050 g/mol. The van der Waals surface area contributed by atoms with Gasteiger partial charge in [0.2, 0.25) is 23.4 Å². The van der Waals surface area contributed by atoms with Crippen molar-refractivity contribution in [3.05, 3.63) is 186 Å². The molecule has 8 heterocycles. The van der Waals surface area contributed by atoms with Gasteiger partial charge in [-0.25, -0.2) is 22.4 Å². The van der Waals surface area contributed by atoms with Crippen LogP contribution >= 0.6 is 23.5 Å². The molecule has 0 spiro atoms. The summed E-state index contributed by atoms with van der Waals surface area (Å²) >= 11 is 2.82. The lowest BCUT2D eigenvalue weighted by Crippen LogP contribution is -2.66. The standard InChI is InChI=1S/C28H25F2N3O6S.C24H19F2N3O4S/c1-37-28(36)39-15-38-26-20(34)11-13-32-25(26)27(35)31-12-5-4-8-22(31)33(32)24-16-9-10-19(29)23(30)18(16)14-40-21-7-3-2-6-17(21)24;25-16-6-5-13-15(20(16)26)12-34-18-4-2-1-3-14(18)21(13)29-19-11-33-10-9-27(19)24(32)22-23(31)17(30)7-8-28(22)29/h2-3,6-7,9-11,13,22,24H,4-5,8,12,14-15H2,1H3;1-8,19,21,31H,9-12H2/t22-,24+;19-,21+/m11/s1. The predicted octanol–water partition coefficient (Wildman–Crippen LogP) is 7.52. The smallest absolute Gasteiger partial charge is 0.502 e. The van der Waals surface area contributed by atoms with E-state index in [2.05, 4.69) is 4.74 Å². The highest BCUT2D eigenvalue weighted by molar-refractivity contribution is 7.98. The number of halogens is 4. The zero-order valence-electron chi connectivity index (χ0n) is 39.3. The monoisotopic (exact) mass is 1050 g/mol. The van der Waals surface area contributed by atoms with Gasteiger partial charge in [-0.2, -0.15) is 0 Å². The first kappa shape index (κ1) is 48.8. The van der Waals surface area contributed by atoms with Gasteiger partial charge < -0.3 is 33.9 Å². The van der Waals surface area contributed by atoms with E-state index in [0.29, 0.717) is 30.7 Å². The second-order valence-electron chi connectivity index (χ2n) is 17.9. The van der Waals surface area contributed by atoms with E-state index in [1.807, 2.05) is 58.5 Å². The van der Waals surface area contributed by atoms with Crippen LogP contribution in [0.2, 0.25) is 0 Å². The molecule has 382 valence electrons. The van der Waals surface area contributed by atoms with E-state index in [-0.39, 0.29) is 52.9 Å². The fourth-order valence-electron chi connectivity index (χ4n) is 10.7. The highest BCUT2D eigenvalue weighted by Gasteiger charge is 2.48. The summed E-state index contributed by atoms with van der Waals surface area (Å²) in [6.45, 7) is 0.529. The Bertz CT molecular complexity index is 3400. The van der Waals surface area contributed by atoms with Crippen molar-refractivity contribution in [1.29, 1.82) is 0 Å². The van der Waals surface area contributed by atoms with Gasteiger partial charge >= 0.3 is 6.16 Å². The highest BCUT2D eigenvalue weighted by atomic mass is 32.2. The Hall–Kier alpha value is -7.43. The zero-order chi connectivity index (χ0) is 51.5. The van der Waals surface area contributed by atoms with Crippen LogP contribution < -0.4 is 25.6 Å². The number of amides is 2. The lowest BCUT2D eigenvalue weighted by atomic mass is 9.92. The lowest BCUT2D eigenvalue weighted by Gasteiger charge is -2.52. The number of carbonyl (C=O) groups excluding carboxylic acids is 3. The summed E-state index contributed by atoms with van der Waals surface area (Å²) < 4.78 is 82.6. The van der Waals surface area contributed by atoms with Crippen LogP contribution in [-0.2, 0) is 25.7 Å². The minimum Gasteiger partial charge on any atom is -0.502 e. The van der Waals surface area contributed by atoms with Crippen LogP contribution in [0, 0.1) is 23.3 Å². The number of carbonyl (C=O) groups is 3. The number of pyridine rings is 2. The van der Waals surface area contributed by atoms with Gasteiger partial charge in [-0.3, -0.25) is 38.5 Å². The molecule has 2 amide bonds. The van der Waals surface area contributed by atoms with Gasteiger partial charge in [-0.15, -0.1) is 23.5 Å². The largest absolute Gasteiger partial charge is 0.510 e. The molecule has 1 N–H and O–H groups in total. The Kier molecular flexibility index (Phi) is 13.0. The fourth-order valence-corrected chi connectivity index (χ4v) is 12.9. The lowest BCUT2D eigenvalue weighted by molar-refractivity contribution is -0.0197. The molecular formula is C52H44F4N6O10S2. The predicted molar refractivity (Wildman–Crippen MR) is 261 cm³/mol. The second-order valence-corrected chi connectivity index (χ2v) is 19.9. The average Bonchev–Trinajstić information content (AvgIpc) is 3.72. The Morgan fingerprint density at radius 2 is 1.23 bits per heavy atom. The first-order chi connectivity index (χ1) is 35.9. The van der Waals surface area contributed by atoms with Crippen LogP contribution in [0.25, 0.3) is 0 Å². The summed E-state index contributed by atoms with van der Waals surface area (Å²) in [5.41, 5.74) is 1.83. The van der Waals surface area contributed by atoms with E-state index in [0.717, 1.165) is 53.0 Å². The van der Waals surface area contributed by atoms with Crippen molar-refractivity contribution in [3.8, 4) is 11.5 Å². The number of morpholine rings is 1. The summed E-state index contributed by atoms with van der Waals surface area (Å²) in [7, 11) is 1.13. The van der Waals surface area contributed by atoms with Crippen LogP contribution in [0.4, 0.5) is 22.4 Å². The maximum Gasteiger partial charge on any atom is 0.510 e. The molecule has 22 heteroatoms. The molecule has 16 nitrogen and oxygen atoms in total. The molecule has 6 aromatic rings. The van der Waals surface area contributed by atoms with Crippen molar-refractivity contribution in [1.82, 2.24) is 19.2 Å². The van der Waals surface area contributed by atoms with E-state index >= 15 is 8.78 Å². The van der Waals surface area contributed by atoms with Gasteiger partial charge in [0, 0.05) is 70.0 Å². The van der Waals surface area contributed by atoms with E-state index in [9.17, 15) is 37.9 Å². The van der Waals surface area contributed by atoms with Crippen molar-refractivity contribution in [2.24, 2.45) is 0 Å². The minimum atomic E-state index is -1.01. The highest BCUT2D eigenvalue weighted by Crippen LogP contribution is 2.48. The molecule has 4 atom stereocenters. The molecule has 0 saturated carbocycles. The molecule has 2 saturated heterocycles. The number of aromatic hydroxyl groups is 1. The van der Waals surface area contributed by atoms with E-state index in [1.165, 1.54) is 52.7 Å². The summed E-state index contributed by atoms with van der Waals surface area (Å²) in [6, 6.07) is 21.8. The number of ether oxygens (including phenoxy) is 4. The number of piperidine rings is 1. The van der Waals surface area contributed by atoms with Crippen LogP contribution in [0.1, 0.15) is 85.7 Å². The molecule has 6 aliphatic heterocycles. The molecule has 0 radical (unpaired) electrons. The van der Waals surface area contributed by atoms with Gasteiger partial charge in [0.1, 0.15) is 12.3 Å². The number of methoxy groups -OCH3 is 1. The van der Waals surface area contributed by atoms with E-state index in [4.69, 9.17) is 14.2 Å².